The van der Waals surface area contributed by atoms with Gasteiger partial charge in [-0.1, -0.05) is 52.4 Å². The van der Waals surface area contributed by atoms with Crippen LogP contribution in [-0.4, -0.2) is 30.6 Å². The standard InChI is InChI=1S/C20H34N2O2/c1-4-7-9-11-15-22(16-12-10-8-5-2)17-13-14-19(18-21)20(23)24-6-3/h13-14,17H,4-12,15-16H2,1-3H3. The average Bonchev–Trinajstić information content (AvgIpc) is 2.58. The summed E-state index contributed by atoms with van der Waals surface area (Å²) in [5.74, 6) is -0.554. The monoisotopic (exact) mass is 334 g/mol. The van der Waals surface area contributed by atoms with Gasteiger partial charge in [-0.2, -0.15) is 5.26 Å². The van der Waals surface area contributed by atoms with Gasteiger partial charge in [-0.25, -0.2) is 4.79 Å². The van der Waals surface area contributed by atoms with Gasteiger partial charge in [-0.05, 0) is 38.1 Å². The molecular formula is C20H34N2O2. The normalized spacial score (nSPS) is 11.5. The van der Waals surface area contributed by atoms with Crippen LogP contribution >= 0.6 is 0 Å². The lowest BCUT2D eigenvalue weighted by molar-refractivity contribution is -0.138. The van der Waals surface area contributed by atoms with Gasteiger partial charge in [0, 0.05) is 13.1 Å². The second-order valence-corrected chi connectivity index (χ2v) is 5.91. The maximum atomic E-state index is 11.6. The van der Waals surface area contributed by atoms with E-state index in [1.54, 1.807) is 19.1 Å². The van der Waals surface area contributed by atoms with Crippen LogP contribution in [0.4, 0.5) is 0 Å². The van der Waals surface area contributed by atoms with Crippen molar-refractivity contribution in [3.05, 3.63) is 23.9 Å². The van der Waals surface area contributed by atoms with Crippen LogP contribution in [-0.2, 0) is 9.53 Å². The summed E-state index contributed by atoms with van der Waals surface area (Å²) in [6.45, 7) is 8.49. The van der Waals surface area contributed by atoms with Crippen molar-refractivity contribution in [3.63, 3.8) is 0 Å². The Morgan fingerprint density at radius 1 is 1.00 bits per heavy atom. The predicted octanol–water partition coefficient (Wildman–Crippen LogP) is 4.98. The van der Waals surface area contributed by atoms with E-state index in [-0.39, 0.29) is 12.2 Å². The Morgan fingerprint density at radius 2 is 1.58 bits per heavy atom. The molecule has 0 heterocycles. The molecule has 0 aliphatic heterocycles. The minimum atomic E-state index is -0.554. The van der Waals surface area contributed by atoms with E-state index >= 15 is 0 Å². The predicted molar refractivity (Wildman–Crippen MR) is 99.3 cm³/mol. The number of carbonyl (C=O) groups excluding carboxylic acids is 1. The van der Waals surface area contributed by atoms with Gasteiger partial charge in [0.15, 0.2) is 0 Å². The molecule has 4 nitrogen and oxygen atoms in total. The fourth-order valence-electron chi connectivity index (χ4n) is 2.36. The Bertz CT molecular complexity index is 410. The number of esters is 1. The van der Waals surface area contributed by atoms with Gasteiger partial charge in [0.05, 0.1) is 6.61 Å². The summed E-state index contributed by atoms with van der Waals surface area (Å²) in [5.41, 5.74) is 0.0463. The van der Waals surface area contributed by atoms with Crippen molar-refractivity contribution in [3.8, 4) is 6.07 Å². The summed E-state index contributed by atoms with van der Waals surface area (Å²) in [5, 5.41) is 9.02. The zero-order valence-corrected chi connectivity index (χ0v) is 15.7. The summed E-state index contributed by atoms with van der Waals surface area (Å²) in [4.78, 5) is 13.9. The van der Waals surface area contributed by atoms with Crippen LogP contribution in [0.5, 0.6) is 0 Å². The molecule has 0 aromatic rings. The first-order valence-corrected chi connectivity index (χ1v) is 9.39. The molecule has 0 atom stereocenters. The third kappa shape index (κ3) is 11.8. The number of allylic oxidation sites excluding steroid dienone is 2. The number of nitriles is 1. The molecule has 0 fully saturated rings. The molecule has 0 unspecified atom stereocenters. The van der Waals surface area contributed by atoms with Crippen LogP contribution in [0.25, 0.3) is 0 Å². The molecular weight excluding hydrogens is 300 g/mol. The van der Waals surface area contributed by atoms with Gasteiger partial charge >= 0.3 is 5.97 Å². The van der Waals surface area contributed by atoms with E-state index in [2.05, 4.69) is 18.7 Å². The third-order valence-corrected chi connectivity index (χ3v) is 3.77. The fraction of sp³-hybridized carbons (Fsp3) is 0.700. The second kappa shape index (κ2) is 16.1. The summed E-state index contributed by atoms with van der Waals surface area (Å²) in [7, 11) is 0. The second-order valence-electron chi connectivity index (χ2n) is 5.91. The highest BCUT2D eigenvalue weighted by Gasteiger charge is 2.07. The Morgan fingerprint density at radius 3 is 2.04 bits per heavy atom. The van der Waals surface area contributed by atoms with Crippen LogP contribution in [0.2, 0.25) is 0 Å². The van der Waals surface area contributed by atoms with Gasteiger partial charge in [0.25, 0.3) is 0 Å². The van der Waals surface area contributed by atoms with Crippen LogP contribution < -0.4 is 0 Å². The molecule has 0 saturated heterocycles. The van der Waals surface area contributed by atoms with E-state index in [0.717, 1.165) is 13.1 Å². The minimum Gasteiger partial charge on any atom is -0.462 e. The highest BCUT2D eigenvalue weighted by Crippen LogP contribution is 2.06. The molecule has 0 aliphatic carbocycles. The van der Waals surface area contributed by atoms with Crippen LogP contribution in [0.3, 0.4) is 0 Å². The summed E-state index contributed by atoms with van der Waals surface area (Å²) >= 11 is 0. The zero-order chi connectivity index (χ0) is 18.0. The Balaban J connectivity index is 4.56. The lowest BCUT2D eigenvalue weighted by Crippen LogP contribution is -2.20. The van der Waals surface area contributed by atoms with Crippen molar-refractivity contribution >= 4 is 5.97 Å². The number of unbranched alkanes of at least 4 members (excludes halogenated alkanes) is 6. The smallest absolute Gasteiger partial charge is 0.348 e. The maximum Gasteiger partial charge on any atom is 0.348 e. The third-order valence-electron chi connectivity index (χ3n) is 3.77. The Hall–Kier alpha value is -1.76. The molecule has 0 spiro atoms. The number of nitrogens with zero attached hydrogens (tertiary/aromatic N) is 2. The van der Waals surface area contributed by atoms with Crippen molar-refractivity contribution in [2.24, 2.45) is 0 Å². The quantitative estimate of drug-likeness (QED) is 0.148. The van der Waals surface area contributed by atoms with E-state index < -0.39 is 5.97 Å². The van der Waals surface area contributed by atoms with Crippen molar-refractivity contribution in [1.82, 2.24) is 4.90 Å². The molecule has 0 amide bonds. The molecule has 24 heavy (non-hydrogen) atoms. The molecule has 0 aromatic heterocycles. The van der Waals surface area contributed by atoms with Crippen molar-refractivity contribution in [2.75, 3.05) is 19.7 Å². The lowest BCUT2D eigenvalue weighted by atomic mass is 10.1. The van der Waals surface area contributed by atoms with Crippen LogP contribution in [0, 0.1) is 11.3 Å². The van der Waals surface area contributed by atoms with Crippen molar-refractivity contribution in [2.45, 2.75) is 72.1 Å². The topological polar surface area (TPSA) is 53.3 Å². The highest BCUT2D eigenvalue weighted by atomic mass is 16.5. The molecule has 136 valence electrons. The van der Waals surface area contributed by atoms with E-state index in [9.17, 15) is 4.79 Å². The first-order chi connectivity index (χ1) is 11.7. The summed E-state index contributed by atoms with van der Waals surface area (Å²) < 4.78 is 4.86. The van der Waals surface area contributed by atoms with Crippen molar-refractivity contribution in [1.29, 1.82) is 5.26 Å². The van der Waals surface area contributed by atoms with Crippen molar-refractivity contribution < 1.29 is 9.53 Å². The number of hydrogen-bond acceptors (Lipinski definition) is 4. The van der Waals surface area contributed by atoms with Gasteiger partial charge in [0.2, 0.25) is 0 Å². The summed E-state index contributed by atoms with van der Waals surface area (Å²) in [6.07, 6.45) is 15.2. The van der Waals surface area contributed by atoms with Crippen LogP contribution in [0.15, 0.2) is 23.9 Å². The Labute approximate surface area is 148 Å². The molecule has 0 bridgehead atoms. The van der Waals surface area contributed by atoms with E-state index in [4.69, 9.17) is 10.00 Å². The van der Waals surface area contributed by atoms with Crippen LogP contribution in [0.1, 0.15) is 72.1 Å². The minimum absolute atomic E-state index is 0.0463. The molecule has 0 saturated carbocycles. The largest absolute Gasteiger partial charge is 0.462 e. The Kier molecular flexibility index (Phi) is 14.9. The number of hydrogen-bond donors (Lipinski definition) is 0. The zero-order valence-electron chi connectivity index (χ0n) is 15.7. The SMILES string of the molecule is CCCCCCN(C=CC=C(C#N)C(=O)OCC)CCCCCC. The number of ether oxygens (including phenoxy) is 1. The highest BCUT2D eigenvalue weighted by molar-refractivity contribution is 5.93. The van der Waals surface area contributed by atoms with E-state index in [1.807, 2.05) is 12.3 Å². The van der Waals surface area contributed by atoms with Gasteiger partial charge in [0.1, 0.15) is 11.6 Å². The van der Waals surface area contributed by atoms with Gasteiger partial charge in [-0.3, -0.25) is 0 Å². The molecule has 0 radical (unpaired) electrons. The first-order valence-electron chi connectivity index (χ1n) is 9.39. The number of rotatable bonds is 14. The molecule has 0 N–H and O–H groups in total. The molecule has 0 aliphatic rings. The molecule has 4 heteroatoms. The van der Waals surface area contributed by atoms with Gasteiger partial charge < -0.3 is 9.64 Å². The molecule has 0 rings (SSSR count). The first kappa shape index (κ1) is 22.2. The number of carbonyl (C=O) groups is 1. The van der Waals surface area contributed by atoms with E-state index in [0.29, 0.717) is 0 Å². The lowest BCUT2D eigenvalue weighted by Gasteiger charge is -2.20. The molecule has 0 aromatic carbocycles. The summed E-state index contributed by atoms with van der Waals surface area (Å²) in [6, 6.07) is 1.90. The van der Waals surface area contributed by atoms with Gasteiger partial charge in [-0.15, -0.1) is 0 Å². The average molecular weight is 335 g/mol. The maximum absolute atomic E-state index is 11.6. The fourth-order valence-corrected chi connectivity index (χ4v) is 2.36. The van der Waals surface area contributed by atoms with E-state index in [1.165, 1.54) is 51.4 Å².